The first-order chi connectivity index (χ1) is 49.0. The Morgan fingerprint density at radius 2 is 0.637 bits per heavy atom. The number of alkyl carbamates (subject to hydrolysis) is 1. The number of aliphatic hydroxyl groups is 9. The molecule has 38 nitrogen and oxygen atoms in total. The van der Waals surface area contributed by atoms with Gasteiger partial charge in [0.15, 0.2) is 18.9 Å². The van der Waals surface area contributed by atoms with Crippen LogP contribution in [0.25, 0.3) is 0 Å². The van der Waals surface area contributed by atoms with E-state index in [-0.39, 0.29) is 186 Å². The molecule has 0 bridgehead atoms. The summed E-state index contributed by atoms with van der Waals surface area (Å²) in [4.78, 5) is 102. The maximum Gasteiger partial charge on any atom is 0.407 e. The highest BCUT2D eigenvalue weighted by Gasteiger charge is 2.45. The third kappa shape index (κ3) is 37.1. The van der Waals surface area contributed by atoms with E-state index in [4.69, 9.17) is 64.6 Å². The number of nitrogens with one attached hydrogen (secondary N) is 8. The molecule has 3 rings (SSSR count). The van der Waals surface area contributed by atoms with Gasteiger partial charge in [-0.25, -0.2) is 4.79 Å². The number of carbonyl (C=O) groups is 8. The van der Waals surface area contributed by atoms with E-state index in [9.17, 15) is 84.3 Å². The molecule has 0 saturated carbocycles. The van der Waals surface area contributed by atoms with Crippen LogP contribution in [0.3, 0.4) is 0 Å². The molecule has 0 radical (unpaired) electrons. The van der Waals surface area contributed by atoms with E-state index in [1.165, 1.54) is 0 Å². The lowest BCUT2D eigenvalue weighted by atomic mass is 9.98. The molecule has 0 aromatic carbocycles. The number of nitrogens with two attached hydrogens (primary N) is 3. The van der Waals surface area contributed by atoms with Crippen LogP contribution in [0.4, 0.5) is 4.79 Å². The summed E-state index contributed by atoms with van der Waals surface area (Å²) < 4.78 is 56.1. The zero-order valence-electron chi connectivity index (χ0n) is 58.8. The van der Waals surface area contributed by atoms with Gasteiger partial charge in [-0.05, 0) is 77.6 Å². The Balaban J connectivity index is 1.50. The van der Waals surface area contributed by atoms with Crippen LogP contribution in [0.5, 0.6) is 0 Å². The van der Waals surface area contributed by atoms with Gasteiger partial charge in [0.25, 0.3) is 0 Å². The fraction of sp³-hybridized carbons (Fsp3) is 0.875. The van der Waals surface area contributed by atoms with Crippen molar-refractivity contribution in [2.24, 2.45) is 17.2 Å². The predicted molar refractivity (Wildman–Crippen MR) is 359 cm³/mol. The van der Waals surface area contributed by atoms with Gasteiger partial charge >= 0.3 is 6.09 Å². The van der Waals surface area contributed by atoms with E-state index in [1.54, 1.807) is 6.92 Å². The molecule has 38 heteroatoms. The molecule has 15 atom stereocenters. The van der Waals surface area contributed by atoms with Gasteiger partial charge in [0, 0.05) is 111 Å². The molecule has 0 spiro atoms. The van der Waals surface area contributed by atoms with E-state index in [0.29, 0.717) is 83.6 Å². The minimum absolute atomic E-state index is 0.0453. The molecule has 0 aromatic heterocycles. The molecule has 3 fully saturated rings. The van der Waals surface area contributed by atoms with Gasteiger partial charge in [0.2, 0.25) is 41.4 Å². The first-order valence-corrected chi connectivity index (χ1v) is 35.5. The first-order valence-electron chi connectivity index (χ1n) is 35.5. The van der Waals surface area contributed by atoms with Gasteiger partial charge in [0.05, 0.1) is 84.2 Å². The fourth-order valence-electron chi connectivity index (χ4n) is 10.5. The van der Waals surface area contributed by atoms with E-state index < -0.39 is 129 Å². The van der Waals surface area contributed by atoms with Gasteiger partial charge in [-0.15, -0.1) is 0 Å². The zero-order chi connectivity index (χ0) is 75.1. The van der Waals surface area contributed by atoms with Crippen molar-refractivity contribution in [2.45, 2.75) is 226 Å². The Morgan fingerprint density at radius 3 is 0.941 bits per heavy atom. The van der Waals surface area contributed by atoms with Crippen LogP contribution in [0.1, 0.15) is 129 Å². The third-order valence-electron chi connectivity index (χ3n) is 16.6. The van der Waals surface area contributed by atoms with Crippen molar-refractivity contribution in [3.05, 3.63) is 0 Å². The number of ether oxygens (including phenoxy) is 10. The number of carbonyl (C=O) groups excluding carboxylic acids is 8. The Labute approximate surface area is 595 Å². The van der Waals surface area contributed by atoms with Crippen LogP contribution in [0, 0.1) is 0 Å². The smallest absolute Gasteiger partial charge is 0.407 e. The van der Waals surface area contributed by atoms with Crippen LogP contribution in [0.15, 0.2) is 0 Å². The maximum atomic E-state index is 13.7. The van der Waals surface area contributed by atoms with Crippen molar-refractivity contribution in [1.29, 1.82) is 0 Å². The summed E-state index contributed by atoms with van der Waals surface area (Å²) in [5, 5.41) is 111. The van der Waals surface area contributed by atoms with Gasteiger partial charge in [-0.1, -0.05) is 6.42 Å². The van der Waals surface area contributed by atoms with Gasteiger partial charge in [-0.3, -0.25) is 33.6 Å². The van der Waals surface area contributed by atoms with Gasteiger partial charge < -0.3 is 153 Å². The predicted octanol–water partition coefficient (Wildman–Crippen LogP) is -6.90. The van der Waals surface area contributed by atoms with E-state index in [2.05, 4.69) is 42.5 Å². The fourth-order valence-corrected chi connectivity index (χ4v) is 10.5. The number of aliphatic hydroxyl groups excluding tert-OH is 9. The average Bonchev–Trinajstić information content (AvgIpc) is 0.841. The molecule has 3 aliphatic heterocycles. The topological polar surface area (TPSA) is 585 Å². The van der Waals surface area contributed by atoms with Crippen LogP contribution < -0.4 is 59.7 Å². The van der Waals surface area contributed by atoms with Crippen LogP contribution in [-0.4, -0.2) is 323 Å². The molecule has 3 aliphatic rings. The number of amides is 8. The highest BCUT2D eigenvalue weighted by Crippen LogP contribution is 2.24. The first kappa shape index (κ1) is 90.9. The number of hydrogen-bond acceptors (Lipinski definition) is 30. The molecule has 8 amide bonds. The minimum atomic E-state index is -1.42. The second-order valence-corrected chi connectivity index (χ2v) is 25.2. The minimum Gasteiger partial charge on any atom is -0.450 e. The Morgan fingerprint density at radius 1 is 0.353 bits per heavy atom. The van der Waals surface area contributed by atoms with Crippen LogP contribution in [-0.2, 0) is 80.9 Å². The number of unbranched alkanes of at least 4 members (excludes halogenated alkanes) is 5. The molecule has 15 unspecified atom stereocenters. The van der Waals surface area contributed by atoms with Gasteiger partial charge in [-0.2, -0.15) is 0 Å². The van der Waals surface area contributed by atoms with Crippen LogP contribution in [0.2, 0.25) is 0 Å². The molecule has 102 heavy (non-hydrogen) atoms. The lowest BCUT2D eigenvalue weighted by Crippen LogP contribution is -2.62. The molecule has 592 valence electrons. The normalized spacial score (nSPS) is 25.5. The standard InChI is InChI=1S/C64H119N11O27/c1-2-96-63(92)74-22-8-3-4-18-50(85)75-64(38-93-32-19-47(82)71-26-12-23-68-44(79)15-5-9-29-97-60-51(65)57(89)54(86)41(35-76)100-60,39-94-33-20-48(83)72-27-13-24-69-45(80)16-6-10-30-98-61-52(66)58(90)55(87)42(36-77)101-61)40-95-34-21-49(84)73-28-14-25-70-46(81)17-7-11-31-99-62-53(67)59(91)56(88)43(37-78)102-62/h41-43,51-62,76-78,86-91H,2-40,65-67H2,1H3,(H,68,79)(H,69,80)(H,70,81)(H,71,82)(H,72,83)(H,73,84)(H,74,92)(H,75,85). The van der Waals surface area contributed by atoms with Gasteiger partial charge in [0.1, 0.15) is 60.5 Å². The average molecular weight is 1470 g/mol. The molecule has 0 aromatic rings. The summed E-state index contributed by atoms with van der Waals surface area (Å²) in [7, 11) is 0. The Kier molecular flexibility index (Phi) is 47.7. The summed E-state index contributed by atoms with van der Waals surface area (Å²) in [5.41, 5.74) is 16.3. The Bertz CT molecular complexity index is 2150. The number of rotatable bonds is 56. The SMILES string of the molecule is CCOC(=O)NCCCCCC(=O)NC(COCCC(=O)NCCCNC(=O)CCCCOC1OC(CO)C(O)C(O)C1N)(COCCC(=O)NCCCNC(=O)CCCCOC1OC(CO)C(O)C(O)C1N)COCCC(=O)NCCCNC(=O)CCCCOC1OC(CO)C(O)C(O)C1N. The van der Waals surface area contributed by atoms with Crippen molar-refractivity contribution < 1.29 is 132 Å². The van der Waals surface area contributed by atoms with E-state index in [1.807, 2.05) is 0 Å². The second-order valence-electron chi connectivity index (χ2n) is 25.2. The van der Waals surface area contributed by atoms with Crippen molar-refractivity contribution in [1.82, 2.24) is 42.5 Å². The molecular formula is C64H119N11O27. The van der Waals surface area contributed by atoms with E-state index in [0.717, 1.165) is 0 Å². The Hall–Kier alpha value is -5.28. The molecule has 3 heterocycles. The summed E-state index contributed by atoms with van der Waals surface area (Å²) in [6.07, 6.45) is -9.21. The summed E-state index contributed by atoms with van der Waals surface area (Å²) in [5.74, 6) is -2.17. The lowest BCUT2D eigenvalue weighted by Gasteiger charge is -2.40. The van der Waals surface area contributed by atoms with Crippen molar-refractivity contribution in [2.75, 3.05) is 132 Å². The second kappa shape index (κ2) is 53.5. The number of hydrogen-bond donors (Lipinski definition) is 20. The highest BCUT2D eigenvalue weighted by molar-refractivity contribution is 5.78. The monoisotopic (exact) mass is 1470 g/mol. The highest BCUT2D eigenvalue weighted by atomic mass is 16.7. The molecular weight excluding hydrogens is 1350 g/mol. The van der Waals surface area contributed by atoms with Crippen molar-refractivity contribution in [3.8, 4) is 0 Å². The lowest BCUT2D eigenvalue weighted by molar-refractivity contribution is -0.265. The molecule has 3 saturated heterocycles. The maximum absolute atomic E-state index is 13.7. The largest absolute Gasteiger partial charge is 0.450 e. The molecule has 0 aliphatic carbocycles. The quantitative estimate of drug-likeness (QED) is 0.0252. The summed E-state index contributed by atoms with van der Waals surface area (Å²) in [6, 6.07) is -3.10. The van der Waals surface area contributed by atoms with Crippen molar-refractivity contribution >= 4 is 47.4 Å². The van der Waals surface area contributed by atoms with Crippen LogP contribution >= 0.6 is 0 Å². The zero-order valence-corrected chi connectivity index (χ0v) is 58.8. The van der Waals surface area contributed by atoms with Crippen molar-refractivity contribution in [3.63, 3.8) is 0 Å². The van der Waals surface area contributed by atoms with E-state index >= 15 is 0 Å². The summed E-state index contributed by atoms with van der Waals surface area (Å²) in [6.45, 7) is 1.45. The summed E-state index contributed by atoms with van der Waals surface area (Å²) >= 11 is 0. The third-order valence-corrected chi connectivity index (χ3v) is 16.6. The molecule has 23 N–H and O–H groups in total.